The van der Waals surface area contributed by atoms with E-state index in [4.69, 9.17) is 0 Å². The molecule has 0 atom stereocenters. The Bertz CT molecular complexity index is 430. The summed E-state index contributed by atoms with van der Waals surface area (Å²) in [5.41, 5.74) is 0. The van der Waals surface area contributed by atoms with Crippen molar-refractivity contribution in [1.82, 2.24) is 31.9 Å². The van der Waals surface area contributed by atoms with Crippen molar-refractivity contribution in [3.8, 4) is 0 Å². The first-order valence-corrected chi connectivity index (χ1v) is 12.3. The fourth-order valence-electron chi connectivity index (χ4n) is 2.76. The van der Waals surface area contributed by atoms with Gasteiger partial charge in [0.05, 0.1) is 0 Å². The topological polar surface area (TPSA) is 96.9 Å². The zero-order chi connectivity index (χ0) is 23.5. The molecule has 0 saturated carbocycles. The molecule has 184 valence electrons. The molecule has 0 aliphatic carbocycles. The minimum absolute atomic E-state index is 0.294. The van der Waals surface area contributed by atoms with Gasteiger partial charge in [-0.1, -0.05) is 0 Å². The Labute approximate surface area is 192 Å². The third kappa shape index (κ3) is 21.5. The minimum Gasteiger partial charge on any atom is -0.356 e. The van der Waals surface area contributed by atoms with Crippen LogP contribution in [0.2, 0.25) is 0 Å². The lowest BCUT2D eigenvalue weighted by molar-refractivity contribution is 0.568. The highest BCUT2D eigenvalue weighted by Gasteiger charge is 2.02. The average Bonchev–Trinajstić information content (AvgIpc) is 2.63. The molecule has 0 radical (unpaired) electrons. The number of hydrogen-bond donors (Lipinski definition) is 6. The molecule has 0 rings (SSSR count). The van der Waals surface area contributed by atoms with E-state index in [2.05, 4.69) is 97.3 Å². The summed E-state index contributed by atoms with van der Waals surface area (Å²) in [6.45, 7) is 22.9. The summed E-state index contributed by atoms with van der Waals surface area (Å²) in [6, 6.07) is 1.36. The van der Waals surface area contributed by atoms with Gasteiger partial charge in [0, 0.05) is 37.3 Å². The van der Waals surface area contributed by atoms with Crippen LogP contribution in [0.25, 0.3) is 0 Å². The van der Waals surface area contributed by atoms with Crippen LogP contribution in [-0.2, 0) is 0 Å². The molecule has 8 nitrogen and oxygen atoms in total. The largest absolute Gasteiger partial charge is 0.356 e. The van der Waals surface area contributed by atoms with Crippen molar-refractivity contribution in [3.05, 3.63) is 0 Å². The molecule has 31 heavy (non-hydrogen) atoms. The van der Waals surface area contributed by atoms with Crippen LogP contribution < -0.4 is 31.9 Å². The van der Waals surface area contributed by atoms with Crippen LogP contribution in [0.5, 0.6) is 0 Å². The molecule has 0 heterocycles. The van der Waals surface area contributed by atoms with E-state index < -0.39 is 0 Å². The molecule has 0 aromatic rings. The highest BCUT2D eigenvalue weighted by atomic mass is 15.2. The van der Waals surface area contributed by atoms with Gasteiger partial charge in [-0.3, -0.25) is 9.98 Å². The highest BCUT2D eigenvalue weighted by Crippen LogP contribution is 1.89. The summed E-state index contributed by atoms with van der Waals surface area (Å²) < 4.78 is 0. The molecule has 0 aromatic carbocycles. The summed E-state index contributed by atoms with van der Waals surface area (Å²) in [7, 11) is 0. The second-order valence-electron chi connectivity index (χ2n) is 9.16. The Hall–Kier alpha value is -1.54. The SMILES string of the molecule is CC(C)/N=C(/NCCCNCCCNCCCN/C(=N/C(C)C)NC(C)C)NC(C)C. The number of hydrogen-bond acceptors (Lipinski definition) is 4. The molecule has 0 unspecified atom stereocenters. The highest BCUT2D eigenvalue weighted by molar-refractivity contribution is 5.80. The van der Waals surface area contributed by atoms with Gasteiger partial charge in [0.1, 0.15) is 0 Å². The minimum atomic E-state index is 0.294. The Balaban J connectivity index is 3.63. The van der Waals surface area contributed by atoms with Gasteiger partial charge in [-0.25, -0.2) is 0 Å². The first-order chi connectivity index (χ1) is 14.7. The van der Waals surface area contributed by atoms with Crippen LogP contribution in [-0.4, -0.2) is 75.4 Å². The average molecular weight is 441 g/mol. The van der Waals surface area contributed by atoms with Crippen molar-refractivity contribution in [1.29, 1.82) is 0 Å². The van der Waals surface area contributed by atoms with E-state index in [0.717, 1.165) is 70.5 Å². The summed E-state index contributed by atoms with van der Waals surface area (Å²) in [5, 5.41) is 20.6. The fourth-order valence-corrected chi connectivity index (χ4v) is 2.76. The molecular weight excluding hydrogens is 388 g/mol. The maximum absolute atomic E-state index is 4.59. The summed E-state index contributed by atoms with van der Waals surface area (Å²) in [6.07, 6.45) is 3.31. The molecule has 8 heteroatoms. The van der Waals surface area contributed by atoms with Gasteiger partial charge in [0.2, 0.25) is 0 Å². The molecule has 0 amide bonds. The number of nitrogens with one attached hydrogen (secondary N) is 6. The van der Waals surface area contributed by atoms with Crippen molar-refractivity contribution < 1.29 is 0 Å². The second-order valence-corrected chi connectivity index (χ2v) is 9.16. The quantitative estimate of drug-likeness (QED) is 0.125. The second kappa shape index (κ2) is 19.2. The molecule has 0 aromatic heterocycles. The predicted molar refractivity (Wildman–Crippen MR) is 137 cm³/mol. The maximum Gasteiger partial charge on any atom is 0.191 e. The lowest BCUT2D eigenvalue weighted by atomic mass is 10.3. The first kappa shape index (κ1) is 29.5. The zero-order valence-corrected chi connectivity index (χ0v) is 21.6. The lowest BCUT2D eigenvalue weighted by Gasteiger charge is -2.16. The smallest absolute Gasteiger partial charge is 0.191 e. The van der Waals surface area contributed by atoms with Crippen LogP contribution in [0.3, 0.4) is 0 Å². The molecule has 6 N–H and O–H groups in total. The number of nitrogens with zero attached hydrogens (tertiary/aromatic N) is 2. The molecular formula is C23H52N8. The van der Waals surface area contributed by atoms with Crippen LogP contribution in [0, 0.1) is 0 Å². The van der Waals surface area contributed by atoms with E-state index in [9.17, 15) is 0 Å². The van der Waals surface area contributed by atoms with E-state index in [0.29, 0.717) is 24.2 Å². The van der Waals surface area contributed by atoms with Gasteiger partial charge in [-0.15, -0.1) is 0 Å². The normalized spacial score (nSPS) is 12.9. The van der Waals surface area contributed by atoms with Crippen molar-refractivity contribution in [2.45, 2.75) is 98.8 Å². The van der Waals surface area contributed by atoms with E-state index in [1.165, 1.54) is 0 Å². The van der Waals surface area contributed by atoms with E-state index in [1.54, 1.807) is 0 Å². The molecule has 0 spiro atoms. The van der Waals surface area contributed by atoms with E-state index >= 15 is 0 Å². The summed E-state index contributed by atoms with van der Waals surface area (Å²) >= 11 is 0. The number of rotatable bonds is 16. The van der Waals surface area contributed by atoms with Gasteiger partial charge >= 0.3 is 0 Å². The van der Waals surface area contributed by atoms with E-state index in [-0.39, 0.29) is 0 Å². The van der Waals surface area contributed by atoms with Crippen LogP contribution in [0.15, 0.2) is 9.98 Å². The van der Waals surface area contributed by atoms with Gasteiger partial charge in [0.25, 0.3) is 0 Å². The van der Waals surface area contributed by atoms with Crippen molar-refractivity contribution >= 4 is 11.9 Å². The Kier molecular flexibility index (Phi) is 18.2. The van der Waals surface area contributed by atoms with E-state index in [1.807, 2.05) is 0 Å². The predicted octanol–water partition coefficient (Wildman–Crippen LogP) is 2.04. The standard InChI is InChI=1S/C23H52N8/c1-18(2)28-22(29-19(3)4)26-16-10-14-24-12-9-13-25-15-11-17-27-23(30-20(5)6)31-21(7)8/h18-21,24-25H,9-17H2,1-8H3,(H2,26,28,29)(H2,27,30,31). The maximum atomic E-state index is 4.59. The van der Waals surface area contributed by atoms with Crippen LogP contribution in [0.1, 0.15) is 74.7 Å². The third-order valence-corrected chi connectivity index (χ3v) is 3.98. The van der Waals surface area contributed by atoms with Gasteiger partial charge in [0.15, 0.2) is 11.9 Å². The Morgan fingerprint density at radius 2 is 0.839 bits per heavy atom. The molecule has 0 fully saturated rings. The van der Waals surface area contributed by atoms with Gasteiger partial charge in [-0.05, 0) is 101 Å². The van der Waals surface area contributed by atoms with Crippen LogP contribution in [0.4, 0.5) is 0 Å². The summed E-state index contributed by atoms with van der Waals surface area (Å²) in [5.74, 6) is 1.82. The monoisotopic (exact) mass is 440 g/mol. The van der Waals surface area contributed by atoms with Crippen molar-refractivity contribution in [2.24, 2.45) is 9.98 Å². The van der Waals surface area contributed by atoms with Gasteiger partial charge in [-0.2, -0.15) is 0 Å². The first-order valence-electron chi connectivity index (χ1n) is 12.3. The molecule has 0 aliphatic heterocycles. The molecule has 0 aliphatic rings. The van der Waals surface area contributed by atoms with Crippen LogP contribution >= 0.6 is 0 Å². The Morgan fingerprint density at radius 3 is 1.13 bits per heavy atom. The van der Waals surface area contributed by atoms with Gasteiger partial charge < -0.3 is 31.9 Å². The molecule has 0 bridgehead atoms. The number of aliphatic imine (C=N–C) groups is 2. The summed E-state index contributed by atoms with van der Waals surface area (Å²) in [4.78, 5) is 9.18. The fraction of sp³-hybridized carbons (Fsp3) is 0.913. The number of guanidine groups is 2. The van der Waals surface area contributed by atoms with Crippen molar-refractivity contribution in [2.75, 3.05) is 39.3 Å². The zero-order valence-electron chi connectivity index (χ0n) is 21.6. The Morgan fingerprint density at radius 1 is 0.516 bits per heavy atom. The van der Waals surface area contributed by atoms with Crippen molar-refractivity contribution in [3.63, 3.8) is 0 Å². The lowest BCUT2D eigenvalue weighted by Crippen LogP contribution is -2.42. The third-order valence-electron chi connectivity index (χ3n) is 3.98. The molecule has 0 saturated heterocycles.